The summed E-state index contributed by atoms with van der Waals surface area (Å²) in [5.74, 6) is 0.412. The third kappa shape index (κ3) is 4.71. The highest BCUT2D eigenvalue weighted by Gasteiger charge is 2.17. The van der Waals surface area contributed by atoms with Gasteiger partial charge in [-0.2, -0.15) is 0 Å². The van der Waals surface area contributed by atoms with Crippen molar-refractivity contribution < 1.29 is 18.7 Å². The van der Waals surface area contributed by atoms with Gasteiger partial charge in [0.15, 0.2) is 16.7 Å². The van der Waals surface area contributed by atoms with Crippen LogP contribution in [0, 0.1) is 12.7 Å². The van der Waals surface area contributed by atoms with Crippen LogP contribution in [-0.4, -0.2) is 35.4 Å². The number of thioether (sulfide) groups is 1. The molecule has 2 heterocycles. The van der Waals surface area contributed by atoms with E-state index >= 15 is 0 Å². The fraction of sp³-hybridized carbons (Fsp3) is 0.174. The van der Waals surface area contributed by atoms with Gasteiger partial charge >= 0.3 is 0 Å². The lowest BCUT2D eigenvalue weighted by Crippen LogP contribution is -2.22. The van der Waals surface area contributed by atoms with Gasteiger partial charge in [0.25, 0.3) is 5.56 Å². The standard InChI is InChI=1S/C23H20FN3O4S2/c1-13-10-15(5-6-16(13)24)27-22(29)21-17(8-9-32-21)26-23(27)33-12-20(28)25-14-4-7-18(30-2)19(11-14)31-3/h4-11H,12H2,1-3H3,(H,25,28). The maximum Gasteiger partial charge on any atom is 0.276 e. The second-order valence-electron chi connectivity index (χ2n) is 7.01. The van der Waals surface area contributed by atoms with E-state index in [1.54, 1.807) is 42.6 Å². The number of aryl methyl sites for hydroxylation is 1. The summed E-state index contributed by atoms with van der Waals surface area (Å²) in [4.78, 5) is 30.4. The number of benzene rings is 2. The molecule has 0 fully saturated rings. The minimum Gasteiger partial charge on any atom is -0.493 e. The van der Waals surface area contributed by atoms with Crippen molar-refractivity contribution in [2.45, 2.75) is 12.1 Å². The van der Waals surface area contributed by atoms with Gasteiger partial charge in [-0.05, 0) is 54.3 Å². The predicted molar refractivity (Wildman–Crippen MR) is 129 cm³/mol. The van der Waals surface area contributed by atoms with Crippen molar-refractivity contribution in [1.82, 2.24) is 9.55 Å². The largest absolute Gasteiger partial charge is 0.493 e. The van der Waals surface area contributed by atoms with Crippen LogP contribution in [0.15, 0.2) is 57.8 Å². The number of ether oxygens (including phenoxy) is 2. The minimum atomic E-state index is -0.361. The Labute approximate surface area is 197 Å². The van der Waals surface area contributed by atoms with E-state index in [4.69, 9.17) is 9.47 Å². The lowest BCUT2D eigenvalue weighted by Gasteiger charge is -2.13. The number of nitrogens with one attached hydrogen (secondary N) is 1. The Bertz CT molecular complexity index is 1400. The van der Waals surface area contributed by atoms with Gasteiger partial charge in [-0.15, -0.1) is 11.3 Å². The molecular formula is C23H20FN3O4S2. The molecular weight excluding hydrogens is 465 g/mol. The molecule has 0 saturated heterocycles. The Morgan fingerprint density at radius 3 is 2.67 bits per heavy atom. The van der Waals surface area contributed by atoms with Crippen LogP contribution >= 0.6 is 23.1 Å². The van der Waals surface area contributed by atoms with E-state index in [2.05, 4.69) is 10.3 Å². The minimum absolute atomic E-state index is 0.0105. The number of methoxy groups -OCH3 is 2. The van der Waals surface area contributed by atoms with Crippen LogP contribution < -0.4 is 20.3 Å². The number of amides is 1. The summed E-state index contributed by atoms with van der Waals surface area (Å²) in [5.41, 5.74) is 1.75. The van der Waals surface area contributed by atoms with Gasteiger partial charge < -0.3 is 14.8 Å². The lowest BCUT2D eigenvalue weighted by atomic mass is 10.2. The second-order valence-corrected chi connectivity index (χ2v) is 8.87. The number of carbonyl (C=O) groups is 1. The number of hydrogen-bond acceptors (Lipinski definition) is 7. The van der Waals surface area contributed by atoms with Crippen LogP contribution in [0.5, 0.6) is 11.5 Å². The van der Waals surface area contributed by atoms with E-state index in [0.29, 0.717) is 43.8 Å². The Hall–Kier alpha value is -3.37. The summed E-state index contributed by atoms with van der Waals surface area (Å²) in [7, 11) is 3.05. The zero-order valence-corrected chi connectivity index (χ0v) is 19.7. The Balaban J connectivity index is 1.61. The van der Waals surface area contributed by atoms with E-state index < -0.39 is 0 Å². The molecule has 0 aliphatic carbocycles. The molecule has 4 rings (SSSR count). The highest BCUT2D eigenvalue weighted by molar-refractivity contribution is 7.99. The summed E-state index contributed by atoms with van der Waals surface area (Å²) in [6.45, 7) is 1.63. The molecule has 170 valence electrons. The third-order valence-electron chi connectivity index (χ3n) is 4.85. The molecule has 1 amide bonds. The molecule has 7 nitrogen and oxygen atoms in total. The average molecular weight is 486 g/mol. The van der Waals surface area contributed by atoms with Crippen molar-refractivity contribution in [3.63, 3.8) is 0 Å². The molecule has 2 aromatic heterocycles. The highest BCUT2D eigenvalue weighted by atomic mass is 32.2. The average Bonchev–Trinajstić information content (AvgIpc) is 3.28. The van der Waals surface area contributed by atoms with Crippen LogP contribution in [0.4, 0.5) is 10.1 Å². The molecule has 0 unspecified atom stereocenters. The molecule has 0 saturated carbocycles. The van der Waals surface area contributed by atoms with E-state index in [1.165, 1.54) is 42.3 Å². The summed E-state index contributed by atoms with van der Waals surface area (Å²) < 4.78 is 26.2. The van der Waals surface area contributed by atoms with Crippen LogP contribution in [0.3, 0.4) is 0 Å². The van der Waals surface area contributed by atoms with Crippen LogP contribution in [-0.2, 0) is 4.79 Å². The smallest absolute Gasteiger partial charge is 0.276 e. The van der Waals surface area contributed by atoms with E-state index in [0.717, 1.165) is 11.8 Å². The second kappa shape index (κ2) is 9.63. The zero-order chi connectivity index (χ0) is 23.5. The van der Waals surface area contributed by atoms with Gasteiger partial charge in [-0.25, -0.2) is 9.37 Å². The monoisotopic (exact) mass is 485 g/mol. The maximum absolute atomic E-state index is 13.8. The van der Waals surface area contributed by atoms with Crippen molar-refractivity contribution in [3.8, 4) is 17.2 Å². The SMILES string of the molecule is COc1ccc(NC(=O)CSc2nc3ccsc3c(=O)n2-c2ccc(F)c(C)c2)cc1OC. The summed E-state index contributed by atoms with van der Waals surface area (Å²) in [6.07, 6.45) is 0. The van der Waals surface area contributed by atoms with Crippen molar-refractivity contribution >= 4 is 44.9 Å². The Morgan fingerprint density at radius 2 is 1.94 bits per heavy atom. The number of nitrogens with zero attached hydrogens (tertiary/aromatic N) is 2. The molecule has 33 heavy (non-hydrogen) atoms. The van der Waals surface area contributed by atoms with E-state index in [1.807, 2.05) is 0 Å². The molecule has 0 spiro atoms. The number of aromatic nitrogens is 2. The molecule has 0 radical (unpaired) electrons. The van der Waals surface area contributed by atoms with Gasteiger partial charge in [0.05, 0.1) is 31.2 Å². The number of hydrogen-bond donors (Lipinski definition) is 1. The first-order valence-electron chi connectivity index (χ1n) is 9.82. The van der Waals surface area contributed by atoms with Crippen molar-refractivity contribution in [1.29, 1.82) is 0 Å². The Morgan fingerprint density at radius 1 is 1.15 bits per heavy atom. The fourth-order valence-electron chi connectivity index (χ4n) is 3.23. The molecule has 0 aliphatic rings. The third-order valence-corrected chi connectivity index (χ3v) is 6.68. The number of fused-ring (bicyclic) bond motifs is 1. The number of rotatable bonds is 7. The summed E-state index contributed by atoms with van der Waals surface area (Å²) >= 11 is 2.41. The zero-order valence-electron chi connectivity index (χ0n) is 18.0. The van der Waals surface area contributed by atoms with Crippen LogP contribution in [0.2, 0.25) is 0 Å². The van der Waals surface area contributed by atoms with Gasteiger partial charge in [0.2, 0.25) is 5.91 Å². The summed E-state index contributed by atoms with van der Waals surface area (Å²) in [5, 5.41) is 4.94. The lowest BCUT2D eigenvalue weighted by molar-refractivity contribution is -0.113. The fourth-order valence-corrected chi connectivity index (χ4v) is 4.80. The predicted octanol–water partition coefficient (Wildman–Crippen LogP) is 4.64. The number of carbonyl (C=O) groups excluding carboxylic acids is 1. The van der Waals surface area contributed by atoms with Gasteiger partial charge in [-0.1, -0.05) is 11.8 Å². The summed E-state index contributed by atoms with van der Waals surface area (Å²) in [6, 6.07) is 11.3. The van der Waals surface area contributed by atoms with Crippen molar-refractivity contribution in [2.24, 2.45) is 0 Å². The normalized spacial score (nSPS) is 10.9. The first-order valence-corrected chi connectivity index (χ1v) is 11.7. The van der Waals surface area contributed by atoms with Crippen molar-refractivity contribution in [3.05, 3.63) is 69.6 Å². The van der Waals surface area contributed by atoms with Crippen LogP contribution in [0.1, 0.15) is 5.56 Å². The molecule has 1 N–H and O–H groups in total. The van der Waals surface area contributed by atoms with Crippen molar-refractivity contribution in [2.75, 3.05) is 25.3 Å². The van der Waals surface area contributed by atoms with E-state index in [9.17, 15) is 14.0 Å². The molecule has 0 aliphatic heterocycles. The Kier molecular flexibility index (Phi) is 6.66. The molecule has 10 heteroatoms. The maximum atomic E-state index is 13.8. The molecule has 0 bridgehead atoms. The number of thiophene rings is 1. The van der Waals surface area contributed by atoms with Crippen LogP contribution in [0.25, 0.3) is 15.9 Å². The van der Waals surface area contributed by atoms with Gasteiger partial charge in [-0.3, -0.25) is 14.2 Å². The molecule has 2 aromatic carbocycles. The first-order chi connectivity index (χ1) is 15.9. The quantitative estimate of drug-likeness (QED) is 0.303. The molecule has 4 aromatic rings. The highest BCUT2D eigenvalue weighted by Crippen LogP contribution is 2.30. The topological polar surface area (TPSA) is 82.5 Å². The van der Waals surface area contributed by atoms with Gasteiger partial charge in [0, 0.05) is 11.8 Å². The molecule has 0 atom stereocenters. The van der Waals surface area contributed by atoms with Gasteiger partial charge in [0.1, 0.15) is 10.5 Å². The first kappa shape index (κ1) is 22.8. The van der Waals surface area contributed by atoms with E-state index in [-0.39, 0.29) is 23.0 Å². The number of anilines is 1. The number of halogens is 1.